The maximum absolute atomic E-state index is 12.6. The number of nitrogens with one attached hydrogen (secondary N) is 1. The van der Waals surface area contributed by atoms with Gasteiger partial charge in [-0.1, -0.05) is 30.3 Å². The van der Waals surface area contributed by atoms with Crippen molar-refractivity contribution in [1.29, 1.82) is 0 Å². The minimum atomic E-state index is -0.485. The number of ether oxygens (including phenoxy) is 2. The largest absolute Gasteiger partial charge is 0.482 e. The van der Waals surface area contributed by atoms with Crippen LogP contribution in [0.2, 0.25) is 0 Å². The Bertz CT molecular complexity index is 921. The first-order chi connectivity index (χ1) is 13.4. The Kier molecular flexibility index (Phi) is 5.74. The molecular weight excluding hydrogens is 360 g/mol. The molecule has 1 fully saturated rings. The fourth-order valence-corrected chi connectivity index (χ4v) is 2.62. The van der Waals surface area contributed by atoms with Crippen LogP contribution in [0.15, 0.2) is 60.2 Å². The van der Waals surface area contributed by atoms with Crippen molar-refractivity contribution in [3.63, 3.8) is 0 Å². The zero-order valence-corrected chi connectivity index (χ0v) is 15.5. The van der Waals surface area contributed by atoms with Crippen molar-refractivity contribution in [1.82, 2.24) is 5.43 Å². The number of hydrazine groups is 1. The molecule has 0 aromatic heterocycles. The average Bonchev–Trinajstić information content (AvgIpc) is 2.95. The number of rotatable bonds is 6. The molecule has 0 unspecified atom stereocenters. The van der Waals surface area contributed by atoms with Gasteiger partial charge < -0.3 is 9.47 Å². The Morgan fingerprint density at radius 2 is 1.86 bits per heavy atom. The van der Waals surface area contributed by atoms with E-state index in [1.807, 2.05) is 6.07 Å². The van der Waals surface area contributed by atoms with Crippen LogP contribution in [0.5, 0.6) is 5.75 Å². The molecule has 0 radical (unpaired) electrons. The number of amides is 2. The summed E-state index contributed by atoms with van der Waals surface area (Å²) < 4.78 is 10.4. The normalized spacial score (nSPS) is 15.1. The first kappa shape index (κ1) is 19.2. The van der Waals surface area contributed by atoms with E-state index in [2.05, 4.69) is 5.43 Å². The minimum Gasteiger partial charge on any atom is -0.482 e. The summed E-state index contributed by atoms with van der Waals surface area (Å²) in [6, 6.07) is 15.6. The highest BCUT2D eigenvalue weighted by atomic mass is 16.6. The highest BCUT2D eigenvalue weighted by Gasteiger charge is 2.34. The topological polar surface area (TPSA) is 84.9 Å². The van der Waals surface area contributed by atoms with Crippen molar-refractivity contribution in [3.8, 4) is 5.75 Å². The van der Waals surface area contributed by atoms with Gasteiger partial charge in [-0.05, 0) is 49.8 Å². The highest BCUT2D eigenvalue weighted by Crippen LogP contribution is 2.22. The van der Waals surface area contributed by atoms with Gasteiger partial charge in [-0.2, -0.15) is 0 Å². The summed E-state index contributed by atoms with van der Waals surface area (Å²) >= 11 is 0. The van der Waals surface area contributed by atoms with Crippen molar-refractivity contribution in [2.24, 2.45) is 0 Å². The number of hydrogen-bond donors (Lipinski definition) is 1. The van der Waals surface area contributed by atoms with Crippen LogP contribution in [0, 0.1) is 0 Å². The van der Waals surface area contributed by atoms with Crippen molar-refractivity contribution < 1.29 is 23.9 Å². The van der Waals surface area contributed by atoms with E-state index in [-0.39, 0.29) is 18.3 Å². The maximum Gasteiger partial charge on any atom is 0.344 e. The molecule has 2 aromatic rings. The lowest BCUT2D eigenvalue weighted by Crippen LogP contribution is -2.35. The van der Waals surface area contributed by atoms with Crippen molar-refractivity contribution >= 4 is 29.5 Å². The summed E-state index contributed by atoms with van der Waals surface area (Å²) in [6.45, 7) is 3.29. The zero-order chi connectivity index (χ0) is 20.1. The quantitative estimate of drug-likeness (QED) is 0.473. The van der Waals surface area contributed by atoms with Gasteiger partial charge in [0.25, 0.3) is 11.8 Å². The molecule has 1 saturated heterocycles. The van der Waals surface area contributed by atoms with E-state index in [0.717, 1.165) is 0 Å². The van der Waals surface area contributed by atoms with Crippen LogP contribution in [-0.4, -0.2) is 30.5 Å². The summed E-state index contributed by atoms with van der Waals surface area (Å²) in [5.41, 5.74) is 3.74. The molecule has 0 atom stereocenters. The number of benzene rings is 2. The van der Waals surface area contributed by atoms with Gasteiger partial charge >= 0.3 is 5.97 Å². The molecule has 144 valence electrons. The molecular formula is C21H20N2O5. The van der Waals surface area contributed by atoms with Crippen molar-refractivity contribution in [2.45, 2.75) is 20.0 Å². The smallest absolute Gasteiger partial charge is 0.344 e. The van der Waals surface area contributed by atoms with Crippen LogP contribution < -0.4 is 15.2 Å². The standard InChI is InChI=1S/C21H20N2O5/c1-14(2)28-19(24)13-27-17-10-6-7-15(11-17)12-18-20(25)22-23(21(18)26)16-8-4-3-5-9-16/h3-12,14H,13H2,1-2H3,(H,22,25)/b18-12-. The lowest BCUT2D eigenvalue weighted by Gasteiger charge is -2.13. The first-order valence-corrected chi connectivity index (χ1v) is 8.78. The Hall–Kier alpha value is -3.61. The summed E-state index contributed by atoms with van der Waals surface area (Å²) in [7, 11) is 0. The molecule has 0 aliphatic carbocycles. The van der Waals surface area contributed by atoms with E-state index >= 15 is 0 Å². The Morgan fingerprint density at radius 3 is 2.57 bits per heavy atom. The molecule has 3 rings (SSSR count). The second-order valence-electron chi connectivity index (χ2n) is 6.37. The number of esters is 1. The van der Waals surface area contributed by atoms with E-state index in [0.29, 0.717) is 17.0 Å². The molecule has 0 bridgehead atoms. The number of anilines is 1. The molecule has 1 heterocycles. The third-order valence-electron chi connectivity index (χ3n) is 3.80. The highest BCUT2D eigenvalue weighted by molar-refractivity contribution is 6.31. The Labute approximate surface area is 162 Å². The minimum absolute atomic E-state index is 0.0141. The molecule has 1 N–H and O–H groups in total. The van der Waals surface area contributed by atoms with Gasteiger partial charge in [-0.3, -0.25) is 15.0 Å². The molecule has 7 heteroatoms. The Balaban J connectivity index is 1.73. The predicted molar refractivity (Wildman–Crippen MR) is 103 cm³/mol. The molecule has 2 amide bonds. The van der Waals surface area contributed by atoms with Gasteiger partial charge in [0.05, 0.1) is 11.8 Å². The van der Waals surface area contributed by atoms with E-state index in [1.165, 1.54) is 11.1 Å². The third kappa shape index (κ3) is 4.56. The number of para-hydroxylation sites is 1. The molecule has 1 aliphatic rings. The van der Waals surface area contributed by atoms with E-state index in [9.17, 15) is 14.4 Å². The van der Waals surface area contributed by atoms with Crippen LogP contribution >= 0.6 is 0 Å². The van der Waals surface area contributed by atoms with Gasteiger partial charge in [-0.15, -0.1) is 0 Å². The maximum atomic E-state index is 12.6. The van der Waals surface area contributed by atoms with Gasteiger partial charge in [0.15, 0.2) is 6.61 Å². The van der Waals surface area contributed by atoms with Gasteiger partial charge in [-0.25, -0.2) is 9.80 Å². The summed E-state index contributed by atoms with van der Waals surface area (Å²) in [6.07, 6.45) is 1.27. The molecule has 7 nitrogen and oxygen atoms in total. The van der Waals surface area contributed by atoms with Crippen LogP contribution in [0.25, 0.3) is 6.08 Å². The number of carbonyl (C=O) groups is 3. The molecule has 28 heavy (non-hydrogen) atoms. The lowest BCUT2D eigenvalue weighted by molar-refractivity contribution is -0.149. The van der Waals surface area contributed by atoms with Crippen LogP contribution in [0.4, 0.5) is 5.69 Å². The Morgan fingerprint density at radius 1 is 1.11 bits per heavy atom. The second-order valence-corrected chi connectivity index (χ2v) is 6.37. The fraction of sp³-hybridized carbons (Fsp3) is 0.190. The molecule has 0 spiro atoms. The fourth-order valence-electron chi connectivity index (χ4n) is 2.62. The second kappa shape index (κ2) is 8.39. The predicted octanol–water partition coefficient (Wildman–Crippen LogP) is 2.48. The SMILES string of the molecule is CC(C)OC(=O)COc1cccc(/C=C2/C(=O)NN(c3ccccc3)C2=O)c1. The summed E-state index contributed by atoms with van der Waals surface area (Å²) in [4.78, 5) is 36.4. The molecule has 0 saturated carbocycles. The third-order valence-corrected chi connectivity index (χ3v) is 3.80. The van der Waals surface area contributed by atoms with E-state index < -0.39 is 17.8 Å². The van der Waals surface area contributed by atoms with Crippen LogP contribution in [-0.2, 0) is 19.1 Å². The van der Waals surface area contributed by atoms with E-state index in [1.54, 1.807) is 62.4 Å². The van der Waals surface area contributed by atoms with Gasteiger partial charge in [0.1, 0.15) is 11.3 Å². The summed E-state index contributed by atoms with van der Waals surface area (Å²) in [5.74, 6) is -0.966. The first-order valence-electron chi connectivity index (χ1n) is 8.78. The van der Waals surface area contributed by atoms with Crippen molar-refractivity contribution in [3.05, 3.63) is 65.7 Å². The van der Waals surface area contributed by atoms with Gasteiger partial charge in [0, 0.05) is 0 Å². The van der Waals surface area contributed by atoms with Crippen molar-refractivity contribution in [2.75, 3.05) is 11.6 Å². The molecule has 1 aliphatic heterocycles. The van der Waals surface area contributed by atoms with Gasteiger partial charge in [0.2, 0.25) is 0 Å². The molecule has 2 aromatic carbocycles. The van der Waals surface area contributed by atoms with Crippen LogP contribution in [0.3, 0.4) is 0 Å². The van der Waals surface area contributed by atoms with E-state index in [4.69, 9.17) is 9.47 Å². The average molecular weight is 380 g/mol. The zero-order valence-electron chi connectivity index (χ0n) is 15.5. The number of carbonyl (C=O) groups excluding carboxylic acids is 3. The number of nitrogens with zero attached hydrogens (tertiary/aromatic N) is 1. The monoisotopic (exact) mass is 380 g/mol. The number of hydrogen-bond acceptors (Lipinski definition) is 5. The lowest BCUT2D eigenvalue weighted by atomic mass is 10.1. The summed E-state index contributed by atoms with van der Waals surface area (Å²) in [5, 5.41) is 1.20. The van der Waals surface area contributed by atoms with Crippen LogP contribution in [0.1, 0.15) is 19.4 Å².